The molecule has 27 heavy (non-hydrogen) atoms. The van der Waals surface area contributed by atoms with Gasteiger partial charge >= 0.3 is 0 Å². The molecule has 142 valence electrons. The van der Waals surface area contributed by atoms with Gasteiger partial charge in [-0.05, 0) is 38.3 Å². The van der Waals surface area contributed by atoms with Crippen molar-refractivity contribution in [2.45, 2.75) is 52.1 Å². The molecule has 1 aliphatic carbocycles. The molecule has 1 fully saturated rings. The van der Waals surface area contributed by atoms with Gasteiger partial charge in [-0.15, -0.1) is 0 Å². The lowest BCUT2D eigenvalue weighted by atomic mass is 10.2. The van der Waals surface area contributed by atoms with Crippen LogP contribution in [0.15, 0.2) is 35.3 Å². The van der Waals surface area contributed by atoms with Crippen molar-refractivity contribution in [2.24, 2.45) is 0 Å². The van der Waals surface area contributed by atoms with Crippen molar-refractivity contribution in [1.82, 2.24) is 14.9 Å². The number of benzene rings is 1. The standard InChI is InChI=1S/C20H24N4O3/c1-13-7-3-6-10-17(13)23-18(25)12-24-14(2)21-11-16(20(24)27)19(26)22-15-8-4-5-9-15/h3,6-7,10-11,15H,4-5,8-9,12H2,1-2H3,(H,22,26)(H,23,25). The highest BCUT2D eigenvalue weighted by atomic mass is 16.2. The summed E-state index contributed by atoms with van der Waals surface area (Å²) in [7, 11) is 0. The van der Waals surface area contributed by atoms with Crippen molar-refractivity contribution < 1.29 is 9.59 Å². The molecule has 0 radical (unpaired) electrons. The van der Waals surface area contributed by atoms with E-state index in [4.69, 9.17) is 0 Å². The summed E-state index contributed by atoms with van der Waals surface area (Å²) in [6.45, 7) is 3.33. The van der Waals surface area contributed by atoms with E-state index in [0.29, 0.717) is 11.5 Å². The normalized spacial score (nSPS) is 14.1. The maximum Gasteiger partial charge on any atom is 0.266 e. The fourth-order valence-corrected chi connectivity index (χ4v) is 3.30. The molecule has 0 unspecified atom stereocenters. The van der Waals surface area contributed by atoms with Gasteiger partial charge in [-0.2, -0.15) is 0 Å². The summed E-state index contributed by atoms with van der Waals surface area (Å²) in [5.74, 6) is -0.380. The van der Waals surface area contributed by atoms with Crippen LogP contribution in [0, 0.1) is 13.8 Å². The van der Waals surface area contributed by atoms with Crippen LogP contribution in [0.2, 0.25) is 0 Å². The fraction of sp³-hybridized carbons (Fsp3) is 0.400. The lowest BCUT2D eigenvalue weighted by molar-refractivity contribution is -0.116. The molecule has 0 atom stereocenters. The van der Waals surface area contributed by atoms with Crippen molar-refractivity contribution >= 4 is 17.5 Å². The number of nitrogens with zero attached hydrogens (tertiary/aromatic N) is 2. The third-order valence-electron chi connectivity index (χ3n) is 4.90. The minimum absolute atomic E-state index is 0.0313. The fourth-order valence-electron chi connectivity index (χ4n) is 3.30. The molecule has 0 saturated heterocycles. The van der Waals surface area contributed by atoms with E-state index >= 15 is 0 Å². The van der Waals surface area contributed by atoms with Gasteiger partial charge in [0.25, 0.3) is 11.5 Å². The molecule has 0 aliphatic heterocycles. The van der Waals surface area contributed by atoms with Crippen LogP contribution in [0.3, 0.4) is 0 Å². The largest absolute Gasteiger partial charge is 0.349 e. The molecular weight excluding hydrogens is 344 g/mol. The number of rotatable bonds is 5. The zero-order chi connectivity index (χ0) is 19.4. The molecule has 1 aromatic heterocycles. The lowest BCUT2D eigenvalue weighted by Gasteiger charge is -2.14. The van der Waals surface area contributed by atoms with Crippen molar-refractivity contribution in [3.8, 4) is 0 Å². The number of amides is 2. The summed E-state index contributed by atoms with van der Waals surface area (Å²) in [6.07, 6.45) is 5.31. The Morgan fingerprint density at radius 2 is 1.89 bits per heavy atom. The second-order valence-electron chi connectivity index (χ2n) is 6.93. The zero-order valence-electron chi connectivity index (χ0n) is 15.6. The Bertz CT molecular complexity index is 914. The maximum atomic E-state index is 12.7. The van der Waals surface area contributed by atoms with Crippen LogP contribution in [0.5, 0.6) is 0 Å². The van der Waals surface area contributed by atoms with E-state index in [2.05, 4.69) is 15.6 Å². The predicted octanol–water partition coefficient (Wildman–Crippen LogP) is 2.17. The van der Waals surface area contributed by atoms with Crippen molar-refractivity contribution in [1.29, 1.82) is 0 Å². The number of aryl methyl sites for hydroxylation is 2. The molecule has 1 aliphatic rings. The molecule has 3 rings (SSSR count). The molecule has 1 saturated carbocycles. The Morgan fingerprint density at radius 3 is 2.59 bits per heavy atom. The minimum Gasteiger partial charge on any atom is -0.349 e. The highest BCUT2D eigenvalue weighted by molar-refractivity contribution is 5.94. The summed E-state index contributed by atoms with van der Waals surface area (Å²) >= 11 is 0. The Hall–Kier alpha value is -2.96. The Labute approximate surface area is 157 Å². The van der Waals surface area contributed by atoms with Crippen molar-refractivity contribution in [2.75, 3.05) is 5.32 Å². The lowest BCUT2D eigenvalue weighted by Crippen LogP contribution is -2.39. The minimum atomic E-state index is -0.502. The summed E-state index contributed by atoms with van der Waals surface area (Å²) in [6, 6.07) is 7.51. The number of aromatic nitrogens is 2. The van der Waals surface area contributed by atoms with Gasteiger partial charge < -0.3 is 10.6 Å². The maximum absolute atomic E-state index is 12.7. The molecule has 2 N–H and O–H groups in total. The molecule has 2 amide bonds. The first kappa shape index (κ1) is 18.8. The van der Waals surface area contributed by atoms with Gasteiger partial charge in [0, 0.05) is 17.9 Å². The van der Waals surface area contributed by atoms with E-state index in [0.717, 1.165) is 31.2 Å². The van der Waals surface area contributed by atoms with E-state index in [9.17, 15) is 14.4 Å². The number of para-hydroxylation sites is 1. The van der Waals surface area contributed by atoms with Crippen LogP contribution in [0.1, 0.15) is 47.4 Å². The topological polar surface area (TPSA) is 93.1 Å². The second kappa shape index (κ2) is 8.16. The first-order chi connectivity index (χ1) is 13.0. The number of carbonyl (C=O) groups is 2. The van der Waals surface area contributed by atoms with Crippen LogP contribution in [0.4, 0.5) is 5.69 Å². The molecule has 7 heteroatoms. The number of carbonyl (C=O) groups excluding carboxylic acids is 2. The molecular formula is C20H24N4O3. The summed E-state index contributed by atoms with van der Waals surface area (Å²) in [5.41, 5.74) is 1.09. The first-order valence-corrected chi connectivity index (χ1v) is 9.18. The highest BCUT2D eigenvalue weighted by Gasteiger charge is 2.21. The molecule has 0 bridgehead atoms. The zero-order valence-corrected chi connectivity index (χ0v) is 15.6. The average Bonchev–Trinajstić information content (AvgIpc) is 3.13. The van der Waals surface area contributed by atoms with Gasteiger partial charge in [-0.1, -0.05) is 31.0 Å². The van der Waals surface area contributed by atoms with Crippen molar-refractivity contribution in [3.63, 3.8) is 0 Å². The monoisotopic (exact) mass is 368 g/mol. The van der Waals surface area contributed by atoms with E-state index < -0.39 is 11.5 Å². The molecule has 0 spiro atoms. The van der Waals surface area contributed by atoms with Crippen LogP contribution in [-0.2, 0) is 11.3 Å². The Morgan fingerprint density at radius 1 is 1.19 bits per heavy atom. The highest BCUT2D eigenvalue weighted by Crippen LogP contribution is 2.18. The third kappa shape index (κ3) is 4.42. The van der Waals surface area contributed by atoms with Gasteiger partial charge in [0.1, 0.15) is 17.9 Å². The second-order valence-corrected chi connectivity index (χ2v) is 6.93. The van der Waals surface area contributed by atoms with Gasteiger partial charge in [-0.3, -0.25) is 19.0 Å². The number of anilines is 1. The van der Waals surface area contributed by atoms with E-state index in [-0.39, 0.29) is 24.1 Å². The molecule has 1 heterocycles. The van der Waals surface area contributed by atoms with Crippen LogP contribution in [0.25, 0.3) is 0 Å². The van der Waals surface area contributed by atoms with Gasteiger partial charge in [0.15, 0.2) is 0 Å². The van der Waals surface area contributed by atoms with Crippen LogP contribution in [-0.4, -0.2) is 27.4 Å². The predicted molar refractivity (Wildman–Crippen MR) is 103 cm³/mol. The molecule has 1 aromatic carbocycles. The van der Waals surface area contributed by atoms with E-state index in [1.807, 2.05) is 25.1 Å². The van der Waals surface area contributed by atoms with E-state index in [1.165, 1.54) is 10.8 Å². The molecule has 7 nitrogen and oxygen atoms in total. The van der Waals surface area contributed by atoms with Gasteiger partial charge in [0.2, 0.25) is 5.91 Å². The number of nitrogens with one attached hydrogen (secondary N) is 2. The van der Waals surface area contributed by atoms with Crippen LogP contribution >= 0.6 is 0 Å². The smallest absolute Gasteiger partial charge is 0.266 e. The summed E-state index contributed by atoms with van der Waals surface area (Å²) in [5, 5.41) is 5.68. The van der Waals surface area contributed by atoms with E-state index in [1.54, 1.807) is 13.0 Å². The van der Waals surface area contributed by atoms with Crippen molar-refractivity contribution in [3.05, 3.63) is 57.8 Å². The average molecular weight is 368 g/mol. The van der Waals surface area contributed by atoms with Gasteiger partial charge in [0.05, 0.1) is 0 Å². The Balaban J connectivity index is 1.76. The summed E-state index contributed by atoms with van der Waals surface area (Å²) < 4.78 is 1.23. The summed E-state index contributed by atoms with van der Waals surface area (Å²) in [4.78, 5) is 41.7. The quantitative estimate of drug-likeness (QED) is 0.846. The first-order valence-electron chi connectivity index (χ1n) is 9.18. The Kier molecular flexibility index (Phi) is 5.69. The number of hydrogen-bond acceptors (Lipinski definition) is 4. The molecule has 2 aromatic rings. The van der Waals surface area contributed by atoms with Gasteiger partial charge in [-0.25, -0.2) is 4.98 Å². The third-order valence-corrected chi connectivity index (χ3v) is 4.90. The van der Waals surface area contributed by atoms with Crippen LogP contribution < -0.4 is 16.2 Å². The number of hydrogen-bond donors (Lipinski definition) is 2. The SMILES string of the molecule is Cc1ccccc1NC(=O)Cn1c(C)ncc(C(=O)NC2CCCC2)c1=O.